The quantitative estimate of drug-likeness (QED) is 0.829. The van der Waals surface area contributed by atoms with Gasteiger partial charge in [-0.25, -0.2) is 0 Å². The van der Waals surface area contributed by atoms with Gasteiger partial charge in [-0.05, 0) is 18.2 Å². The smallest absolute Gasteiger partial charge is 0.203 e. The van der Waals surface area contributed by atoms with Crippen molar-refractivity contribution >= 4 is 11.9 Å². The highest BCUT2D eigenvalue weighted by Gasteiger charge is 2.12. The molecule has 0 fully saturated rings. The fourth-order valence-corrected chi connectivity index (χ4v) is 2.05. The number of phenols is 1. The standard InChI is InChI=1S/C17H19NO5/c1-20-13-5-6-14(19)11(7-13)10-18-12-8-15(21-2)17(23-4)16(9-12)22-3/h5-10,19H,1-4H3. The Morgan fingerprint density at radius 2 is 1.52 bits per heavy atom. The molecule has 2 aromatic rings. The molecule has 0 atom stereocenters. The van der Waals surface area contributed by atoms with Crippen molar-refractivity contribution in [2.45, 2.75) is 0 Å². The van der Waals surface area contributed by atoms with E-state index < -0.39 is 0 Å². The summed E-state index contributed by atoms with van der Waals surface area (Å²) in [7, 11) is 6.18. The first kappa shape index (κ1) is 16.5. The Morgan fingerprint density at radius 1 is 0.870 bits per heavy atom. The van der Waals surface area contributed by atoms with Crippen LogP contribution >= 0.6 is 0 Å². The van der Waals surface area contributed by atoms with Crippen molar-refractivity contribution in [2.24, 2.45) is 4.99 Å². The van der Waals surface area contributed by atoms with Gasteiger partial charge in [-0.15, -0.1) is 0 Å². The number of phenolic OH excluding ortho intramolecular Hbond substituents is 1. The summed E-state index contributed by atoms with van der Waals surface area (Å²) in [5.41, 5.74) is 1.14. The molecule has 122 valence electrons. The maximum Gasteiger partial charge on any atom is 0.203 e. The molecule has 0 aliphatic carbocycles. The van der Waals surface area contributed by atoms with Crippen molar-refractivity contribution in [1.82, 2.24) is 0 Å². The molecule has 0 saturated heterocycles. The number of aromatic hydroxyl groups is 1. The molecule has 0 spiro atoms. The molecule has 6 nitrogen and oxygen atoms in total. The Kier molecular flexibility index (Phi) is 5.30. The molecule has 23 heavy (non-hydrogen) atoms. The Hall–Kier alpha value is -2.89. The summed E-state index contributed by atoms with van der Waals surface area (Å²) in [6.45, 7) is 0. The lowest BCUT2D eigenvalue weighted by Gasteiger charge is -2.12. The van der Waals surface area contributed by atoms with Crippen LogP contribution in [-0.4, -0.2) is 39.8 Å². The van der Waals surface area contributed by atoms with Crippen LogP contribution in [0.4, 0.5) is 5.69 Å². The summed E-state index contributed by atoms with van der Waals surface area (Å²) in [5.74, 6) is 2.26. The first-order chi connectivity index (χ1) is 11.1. The minimum absolute atomic E-state index is 0.113. The van der Waals surface area contributed by atoms with Crippen molar-refractivity contribution in [3.63, 3.8) is 0 Å². The molecule has 0 aromatic heterocycles. The van der Waals surface area contributed by atoms with E-state index in [-0.39, 0.29) is 5.75 Å². The topological polar surface area (TPSA) is 69.5 Å². The van der Waals surface area contributed by atoms with E-state index in [9.17, 15) is 5.11 Å². The second kappa shape index (κ2) is 7.40. The van der Waals surface area contributed by atoms with Crippen LogP contribution in [0.5, 0.6) is 28.7 Å². The van der Waals surface area contributed by atoms with E-state index in [0.29, 0.717) is 34.2 Å². The third kappa shape index (κ3) is 3.66. The molecule has 0 aliphatic rings. The number of benzene rings is 2. The zero-order chi connectivity index (χ0) is 16.8. The van der Waals surface area contributed by atoms with Crippen LogP contribution < -0.4 is 18.9 Å². The lowest BCUT2D eigenvalue weighted by molar-refractivity contribution is 0.324. The van der Waals surface area contributed by atoms with Crippen molar-refractivity contribution in [3.05, 3.63) is 35.9 Å². The summed E-state index contributed by atoms with van der Waals surface area (Å²) in [6, 6.07) is 8.35. The van der Waals surface area contributed by atoms with E-state index in [0.717, 1.165) is 0 Å². The molecule has 0 unspecified atom stereocenters. The lowest BCUT2D eigenvalue weighted by atomic mass is 10.2. The Morgan fingerprint density at radius 3 is 2.04 bits per heavy atom. The summed E-state index contributed by atoms with van der Waals surface area (Å²) in [6.07, 6.45) is 1.54. The van der Waals surface area contributed by atoms with Gasteiger partial charge in [0.2, 0.25) is 5.75 Å². The molecule has 0 aliphatic heterocycles. The molecule has 2 rings (SSSR count). The number of ether oxygens (including phenoxy) is 4. The highest BCUT2D eigenvalue weighted by atomic mass is 16.5. The summed E-state index contributed by atoms with van der Waals surface area (Å²) < 4.78 is 21.0. The maximum absolute atomic E-state index is 9.88. The number of methoxy groups -OCH3 is 4. The molecule has 2 aromatic carbocycles. The minimum Gasteiger partial charge on any atom is -0.507 e. The van der Waals surface area contributed by atoms with Crippen LogP contribution in [-0.2, 0) is 0 Å². The zero-order valence-electron chi connectivity index (χ0n) is 13.5. The van der Waals surface area contributed by atoms with Crippen LogP contribution in [0.25, 0.3) is 0 Å². The molecule has 0 saturated carbocycles. The zero-order valence-corrected chi connectivity index (χ0v) is 13.5. The van der Waals surface area contributed by atoms with E-state index in [4.69, 9.17) is 18.9 Å². The predicted molar refractivity (Wildman–Crippen MR) is 88.0 cm³/mol. The van der Waals surface area contributed by atoms with E-state index in [1.165, 1.54) is 7.11 Å². The van der Waals surface area contributed by atoms with Gasteiger partial charge in [0.15, 0.2) is 11.5 Å². The third-order valence-corrected chi connectivity index (χ3v) is 3.24. The SMILES string of the molecule is COc1ccc(O)c(C=Nc2cc(OC)c(OC)c(OC)c2)c1. The van der Waals surface area contributed by atoms with Gasteiger partial charge in [-0.2, -0.15) is 0 Å². The van der Waals surface area contributed by atoms with E-state index >= 15 is 0 Å². The van der Waals surface area contributed by atoms with Gasteiger partial charge in [-0.3, -0.25) is 4.99 Å². The lowest BCUT2D eigenvalue weighted by Crippen LogP contribution is -1.94. The summed E-state index contributed by atoms with van der Waals surface area (Å²) in [5, 5.41) is 9.88. The van der Waals surface area contributed by atoms with Crippen LogP contribution in [0, 0.1) is 0 Å². The predicted octanol–water partition coefficient (Wildman–Crippen LogP) is 3.18. The normalized spacial score (nSPS) is 10.6. The number of nitrogens with zero attached hydrogens (tertiary/aromatic N) is 1. The minimum atomic E-state index is 0.113. The van der Waals surface area contributed by atoms with Crippen LogP contribution in [0.2, 0.25) is 0 Å². The second-order valence-electron chi connectivity index (χ2n) is 4.57. The largest absolute Gasteiger partial charge is 0.507 e. The molecule has 1 N–H and O–H groups in total. The van der Waals surface area contributed by atoms with Gasteiger partial charge in [0.05, 0.1) is 34.1 Å². The molecule has 6 heteroatoms. The van der Waals surface area contributed by atoms with Gasteiger partial charge < -0.3 is 24.1 Å². The highest BCUT2D eigenvalue weighted by Crippen LogP contribution is 2.40. The Balaban J connectivity index is 2.40. The number of hydrogen-bond acceptors (Lipinski definition) is 6. The van der Waals surface area contributed by atoms with Gasteiger partial charge in [0.25, 0.3) is 0 Å². The van der Waals surface area contributed by atoms with E-state index in [2.05, 4.69) is 4.99 Å². The third-order valence-electron chi connectivity index (χ3n) is 3.24. The summed E-state index contributed by atoms with van der Waals surface area (Å²) in [4.78, 5) is 4.35. The average molecular weight is 317 g/mol. The van der Waals surface area contributed by atoms with Gasteiger partial charge in [0.1, 0.15) is 11.5 Å². The first-order valence-corrected chi connectivity index (χ1v) is 6.84. The number of hydrogen-bond donors (Lipinski definition) is 1. The Bertz CT molecular complexity index is 687. The van der Waals surface area contributed by atoms with Crippen molar-refractivity contribution in [1.29, 1.82) is 0 Å². The molecule has 0 heterocycles. The maximum atomic E-state index is 9.88. The molecule has 0 radical (unpaired) electrons. The van der Waals surface area contributed by atoms with Crippen molar-refractivity contribution in [2.75, 3.05) is 28.4 Å². The van der Waals surface area contributed by atoms with Gasteiger partial charge in [0, 0.05) is 23.9 Å². The highest BCUT2D eigenvalue weighted by molar-refractivity contribution is 5.86. The van der Waals surface area contributed by atoms with Crippen LogP contribution in [0.15, 0.2) is 35.3 Å². The Labute approximate surface area is 134 Å². The van der Waals surface area contributed by atoms with Crippen LogP contribution in [0.1, 0.15) is 5.56 Å². The fourth-order valence-electron chi connectivity index (χ4n) is 2.05. The number of aliphatic imine (C=N–C) groups is 1. The summed E-state index contributed by atoms with van der Waals surface area (Å²) >= 11 is 0. The monoisotopic (exact) mass is 317 g/mol. The van der Waals surface area contributed by atoms with Crippen molar-refractivity contribution < 1.29 is 24.1 Å². The molecule has 0 bridgehead atoms. The molecule has 0 amide bonds. The van der Waals surface area contributed by atoms with E-state index in [1.54, 1.807) is 57.9 Å². The second-order valence-corrected chi connectivity index (χ2v) is 4.57. The average Bonchev–Trinajstić information content (AvgIpc) is 2.59. The fraction of sp³-hybridized carbons (Fsp3) is 0.235. The van der Waals surface area contributed by atoms with E-state index in [1.807, 2.05) is 0 Å². The first-order valence-electron chi connectivity index (χ1n) is 6.84. The molecular weight excluding hydrogens is 298 g/mol. The van der Waals surface area contributed by atoms with Crippen molar-refractivity contribution in [3.8, 4) is 28.7 Å². The van der Waals surface area contributed by atoms with Crippen LogP contribution in [0.3, 0.4) is 0 Å². The molecular formula is C17H19NO5. The number of rotatable bonds is 6. The van der Waals surface area contributed by atoms with Gasteiger partial charge in [-0.1, -0.05) is 0 Å². The van der Waals surface area contributed by atoms with Gasteiger partial charge >= 0.3 is 0 Å².